The van der Waals surface area contributed by atoms with E-state index in [-0.39, 0.29) is 11.5 Å². The molecule has 0 bridgehead atoms. The SMILES string of the molecule is Cc1ccc(-c2csc3nc(CSCC(=O)NC4CCCC4)[nH]c(=O)c23)s1. The highest BCUT2D eigenvalue weighted by molar-refractivity contribution is 7.99. The molecule has 4 rings (SSSR count). The van der Waals surface area contributed by atoms with Crippen molar-refractivity contribution >= 4 is 50.6 Å². The van der Waals surface area contributed by atoms with Crippen LogP contribution in [0.15, 0.2) is 22.3 Å². The number of amides is 1. The van der Waals surface area contributed by atoms with E-state index >= 15 is 0 Å². The van der Waals surface area contributed by atoms with Gasteiger partial charge in [-0.05, 0) is 31.9 Å². The summed E-state index contributed by atoms with van der Waals surface area (Å²) in [4.78, 5) is 35.2. The van der Waals surface area contributed by atoms with Gasteiger partial charge in [-0.3, -0.25) is 9.59 Å². The molecule has 0 atom stereocenters. The number of hydrogen-bond acceptors (Lipinski definition) is 6. The normalized spacial score (nSPS) is 14.9. The number of fused-ring (bicyclic) bond motifs is 1. The Morgan fingerprint density at radius 1 is 1.37 bits per heavy atom. The lowest BCUT2D eigenvalue weighted by Crippen LogP contribution is -2.33. The highest BCUT2D eigenvalue weighted by Crippen LogP contribution is 2.35. The summed E-state index contributed by atoms with van der Waals surface area (Å²) in [5, 5.41) is 5.75. The molecule has 0 spiro atoms. The van der Waals surface area contributed by atoms with Gasteiger partial charge in [-0.15, -0.1) is 34.4 Å². The van der Waals surface area contributed by atoms with Gasteiger partial charge in [0.25, 0.3) is 5.56 Å². The Kier molecular flexibility index (Phi) is 5.66. The van der Waals surface area contributed by atoms with Crippen molar-refractivity contribution in [1.82, 2.24) is 15.3 Å². The molecule has 1 aliphatic rings. The molecule has 142 valence electrons. The average Bonchev–Trinajstić information content (AvgIpc) is 3.35. The summed E-state index contributed by atoms with van der Waals surface area (Å²) in [5.41, 5.74) is 0.852. The minimum atomic E-state index is -0.103. The zero-order valence-electron chi connectivity index (χ0n) is 15.0. The van der Waals surface area contributed by atoms with E-state index in [1.165, 1.54) is 40.8 Å². The van der Waals surface area contributed by atoms with Crippen molar-refractivity contribution in [2.45, 2.75) is 44.4 Å². The molecule has 8 heteroatoms. The van der Waals surface area contributed by atoms with Crippen LogP contribution in [0.4, 0.5) is 0 Å². The first kappa shape index (κ1) is 18.7. The van der Waals surface area contributed by atoms with Crippen molar-refractivity contribution in [3.63, 3.8) is 0 Å². The summed E-state index contributed by atoms with van der Waals surface area (Å²) in [6, 6.07) is 4.46. The van der Waals surface area contributed by atoms with E-state index in [1.807, 2.05) is 11.4 Å². The topological polar surface area (TPSA) is 74.8 Å². The second kappa shape index (κ2) is 8.16. The Labute approximate surface area is 169 Å². The third-order valence-electron chi connectivity index (χ3n) is 4.69. The Bertz CT molecular complexity index is 1010. The largest absolute Gasteiger partial charge is 0.353 e. The Balaban J connectivity index is 1.43. The molecule has 5 nitrogen and oxygen atoms in total. The van der Waals surface area contributed by atoms with Crippen LogP contribution in [0.25, 0.3) is 20.7 Å². The summed E-state index contributed by atoms with van der Waals surface area (Å²) in [5.74, 6) is 1.61. The minimum absolute atomic E-state index is 0.0711. The van der Waals surface area contributed by atoms with Gasteiger partial charge in [0.2, 0.25) is 5.91 Å². The van der Waals surface area contributed by atoms with Crippen LogP contribution in [0.1, 0.15) is 36.4 Å². The highest BCUT2D eigenvalue weighted by atomic mass is 32.2. The van der Waals surface area contributed by atoms with Gasteiger partial charge in [0, 0.05) is 26.7 Å². The first-order valence-corrected chi connectivity index (χ1v) is 11.9. The lowest BCUT2D eigenvalue weighted by Gasteiger charge is -2.11. The Morgan fingerprint density at radius 2 is 2.19 bits per heavy atom. The van der Waals surface area contributed by atoms with E-state index in [1.54, 1.807) is 11.3 Å². The molecule has 0 aromatic carbocycles. The molecule has 3 heterocycles. The molecule has 2 N–H and O–H groups in total. The Morgan fingerprint density at radius 3 is 2.93 bits per heavy atom. The fraction of sp³-hybridized carbons (Fsp3) is 0.421. The zero-order chi connectivity index (χ0) is 18.8. The molecule has 27 heavy (non-hydrogen) atoms. The molecule has 1 amide bonds. The molecule has 0 aliphatic heterocycles. The van der Waals surface area contributed by atoms with Gasteiger partial charge in [-0.25, -0.2) is 4.98 Å². The number of thioether (sulfide) groups is 1. The fourth-order valence-corrected chi connectivity index (χ4v) is 6.03. The number of nitrogens with one attached hydrogen (secondary N) is 2. The molecule has 1 aliphatic carbocycles. The van der Waals surface area contributed by atoms with Crippen molar-refractivity contribution in [2.24, 2.45) is 0 Å². The quantitative estimate of drug-likeness (QED) is 0.624. The van der Waals surface area contributed by atoms with E-state index in [0.29, 0.717) is 28.8 Å². The highest BCUT2D eigenvalue weighted by Gasteiger charge is 2.17. The zero-order valence-corrected chi connectivity index (χ0v) is 17.5. The number of nitrogens with zero attached hydrogens (tertiary/aromatic N) is 1. The molecule has 0 unspecified atom stereocenters. The predicted octanol–water partition coefficient (Wildman–Crippen LogP) is 4.31. The van der Waals surface area contributed by atoms with Gasteiger partial charge < -0.3 is 10.3 Å². The first-order chi connectivity index (χ1) is 13.1. The standard InChI is InChI=1S/C19H21N3O2S3/c1-11-6-7-14(27-11)13-8-26-19-17(13)18(24)21-15(22-19)9-25-10-16(23)20-12-4-2-3-5-12/h6-8,12H,2-5,9-10H2,1H3,(H,20,23)(H,21,22,24). The molecule has 0 saturated heterocycles. The van der Waals surface area contributed by atoms with E-state index in [9.17, 15) is 9.59 Å². The first-order valence-electron chi connectivity index (χ1n) is 9.04. The number of aryl methyl sites for hydroxylation is 1. The number of thiophene rings is 2. The molecular formula is C19H21N3O2S3. The number of rotatable bonds is 6. The smallest absolute Gasteiger partial charge is 0.260 e. The van der Waals surface area contributed by atoms with Crippen molar-refractivity contribution in [2.75, 3.05) is 5.75 Å². The number of hydrogen-bond donors (Lipinski definition) is 2. The number of aromatic amines is 1. The van der Waals surface area contributed by atoms with Crippen LogP contribution in [0, 0.1) is 6.92 Å². The van der Waals surface area contributed by atoms with Crippen LogP contribution in [0.3, 0.4) is 0 Å². The summed E-state index contributed by atoms with van der Waals surface area (Å²) in [7, 11) is 0. The number of H-pyrrole nitrogens is 1. The van der Waals surface area contributed by atoms with Crippen LogP contribution in [0.5, 0.6) is 0 Å². The van der Waals surface area contributed by atoms with Crippen LogP contribution in [-0.4, -0.2) is 27.7 Å². The lowest BCUT2D eigenvalue weighted by atomic mass is 10.2. The maximum Gasteiger partial charge on any atom is 0.260 e. The van der Waals surface area contributed by atoms with Gasteiger partial charge in [0.05, 0.1) is 16.9 Å². The van der Waals surface area contributed by atoms with E-state index in [2.05, 4.69) is 28.3 Å². The van der Waals surface area contributed by atoms with E-state index in [0.717, 1.165) is 28.1 Å². The van der Waals surface area contributed by atoms with E-state index < -0.39 is 0 Å². The van der Waals surface area contributed by atoms with Crippen molar-refractivity contribution in [3.05, 3.63) is 38.6 Å². The number of carbonyl (C=O) groups excluding carboxylic acids is 1. The third-order valence-corrected chi connectivity index (χ3v) is 7.54. The number of aromatic nitrogens is 2. The summed E-state index contributed by atoms with van der Waals surface area (Å²) < 4.78 is 0. The molecule has 3 aromatic rings. The number of carbonyl (C=O) groups is 1. The molecule has 3 aromatic heterocycles. The fourth-order valence-electron chi connectivity index (χ4n) is 3.40. The van der Waals surface area contributed by atoms with Crippen molar-refractivity contribution < 1.29 is 4.79 Å². The molecule has 1 fully saturated rings. The Hall–Kier alpha value is -1.64. The van der Waals surface area contributed by atoms with E-state index in [4.69, 9.17) is 0 Å². The maximum atomic E-state index is 12.6. The van der Waals surface area contributed by atoms with Crippen LogP contribution in [0.2, 0.25) is 0 Å². The predicted molar refractivity (Wildman–Crippen MR) is 115 cm³/mol. The maximum absolute atomic E-state index is 12.6. The molecule has 0 radical (unpaired) electrons. The van der Waals surface area contributed by atoms with Gasteiger partial charge in [0.15, 0.2) is 0 Å². The van der Waals surface area contributed by atoms with Gasteiger partial charge in [0.1, 0.15) is 10.7 Å². The molecular weight excluding hydrogens is 398 g/mol. The third kappa shape index (κ3) is 4.28. The lowest BCUT2D eigenvalue weighted by molar-refractivity contribution is -0.119. The van der Waals surface area contributed by atoms with Crippen LogP contribution in [-0.2, 0) is 10.5 Å². The average molecular weight is 420 g/mol. The monoisotopic (exact) mass is 419 g/mol. The minimum Gasteiger partial charge on any atom is -0.353 e. The van der Waals surface area contributed by atoms with Crippen LogP contribution < -0.4 is 10.9 Å². The van der Waals surface area contributed by atoms with Gasteiger partial charge in [-0.1, -0.05) is 12.8 Å². The van der Waals surface area contributed by atoms with Crippen LogP contribution >= 0.6 is 34.4 Å². The summed E-state index contributed by atoms with van der Waals surface area (Å²) in [6.45, 7) is 2.06. The second-order valence-corrected chi connectivity index (χ2v) is 9.93. The van der Waals surface area contributed by atoms with Crippen molar-refractivity contribution in [1.29, 1.82) is 0 Å². The summed E-state index contributed by atoms with van der Waals surface area (Å²) >= 11 is 4.66. The van der Waals surface area contributed by atoms with Crippen molar-refractivity contribution in [3.8, 4) is 10.4 Å². The molecule has 1 saturated carbocycles. The van der Waals surface area contributed by atoms with Gasteiger partial charge in [-0.2, -0.15) is 0 Å². The summed E-state index contributed by atoms with van der Waals surface area (Å²) in [6.07, 6.45) is 4.59. The van der Waals surface area contributed by atoms with Gasteiger partial charge >= 0.3 is 0 Å². The second-order valence-electron chi connectivity index (χ2n) is 6.79.